The Labute approximate surface area is 408 Å². The van der Waals surface area contributed by atoms with Crippen molar-refractivity contribution in [2.45, 2.75) is 75.8 Å². The average molecular weight is 1060 g/mol. The minimum Gasteiger partial charge on any atom is -0.456 e. The van der Waals surface area contributed by atoms with Crippen LogP contribution in [0.4, 0.5) is 0 Å². The number of imidazole rings is 2. The first-order valence-corrected chi connectivity index (χ1v) is 17.0. The predicted octanol–water partition coefficient (Wildman–Crippen LogP) is -3.54. The van der Waals surface area contributed by atoms with Crippen LogP contribution >= 0.6 is 0 Å². The number of H-pyrrole nitrogens is 2. The molecule has 0 spiro atoms. The van der Waals surface area contributed by atoms with Crippen LogP contribution in [0.3, 0.4) is 0 Å². The number of aromatic nitrogens is 8. The van der Waals surface area contributed by atoms with Gasteiger partial charge >= 0.3 is 23.8 Å². The number of aromatic amines is 2. The van der Waals surface area contributed by atoms with Gasteiger partial charge in [-0.25, -0.2) is 29.5 Å². The standard InChI is InChI=1S/C16H19N5O8.C13H15N5O7.C2H6.3Y/c1-16(25-3)28-9-7(4-26-15(24)13(23)17-2)27-14(10(9)29-16)21-6-20-8-11(21)18-5-19-12(8)22;1-14-11(22)13(23)24-2-5-7(19)8(20)12(25-5)18-4-17-6-9(18)15-3-16-10(6)21;1-2;;;/h5-7,9-10,14H,4H2,1-3H3,(H,17,23)(H,18,19,22);3-5,7-8,12,19-20H,2H2,1H3,(H,14,22)(H,15,16,21);1-2H3;;;/t7-,9+,10?,14-,16?;5-,7+,8?,12-;;;;/m11..../s1. The fraction of sp³-hybridized carbons (Fsp3) is 0.548. The van der Waals surface area contributed by atoms with Gasteiger partial charge < -0.3 is 64.0 Å². The van der Waals surface area contributed by atoms with E-state index in [2.05, 4.69) is 40.5 Å². The van der Waals surface area contributed by atoms with E-state index in [1.165, 1.54) is 55.6 Å². The van der Waals surface area contributed by atoms with Crippen molar-refractivity contribution in [2.75, 3.05) is 34.4 Å². The van der Waals surface area contributed by atoms with Crippen molar-refractivity contribution in [3.8, 4) is 0 Å². The van der Waals surface area contributed by atoms with Crippen LogP contribution in [0.2, 0.25) is 0 Å². The summed E-state index contributed by atoms with van der Waals surface area (Å²) < 4.78 is 41.0. The topological polar surface area (TPSA) is 325 Å². The minimum absolute atomic E-state index is 0. The molecule has 6 N–H and O–H groups in total. The third-order valence-electron chi connectivity index (χ3n) is 8.55. The summed E-state index contributed by atoms with van der Waals surface area (Å²) >= 11 is 0. The molecule has 3 radical (unpaired) electrons. The molecule has 0 bridgehead atoms. The Kier molecular flexibility index (Phi) is 20.7. The quantitative estimate of drug-likeness (QED) is 0.0771. The van der Waals surface area contributed by atoms with Crippen LogP contribution in [-0.2, 0) is 150 Å². The number of carbonyl (C=O) groups excluding carboxylic acids is 4. The van der Waals surface area contributed by atoms with Gasteiger partial charge in [-0.15, -0.1) is 0 Å². The van der Waals surface area contributed by atoms with Crippen molar-refractivity contribution < 1.29 is 161 Å². The third-order valence-corrected chi connectivity index (χ3v) is 8.55. The van der Waals surface area contributed by atoms with Gasteiger partial charge in [0.2, 0.25) is 0 Å². The Bertz CT molecular complexity index is 2190. The number of methoxy groups -OCH3 is 1. The third kappa shape index (κ3) is 11.4. The number of hydrogen-bond donors (Lipinski definition) is 6. The second-order valence-electron chi connectivity index (χ2n) is 11.8. The minimum atomic E-state index is -1.39. The first-order chi connectivity index (χ1) is 26.8. The van der Waals surface area contributed by atoms with Gasteiger partial charge in [-0.05, 0) is 0 Å². The summed E-state index contributed by atoms with van der Waals surface area (Å²) in [6.45, 7) is 4.89. The second-order valence-corrected chi connectivity index (χ2v) is 11.8. The van der Waals surface area contributed by atoms with Crippen LogP contribution in [0.5, 0.6) is 0 Å². The largest absolute Gasteiger partial charge is 0.456 e. The van der Waals surface area contributed by atoms with Crippen molar-refractivity contribution in [2.24, 2.45) is 0 Å². The summed E-state index contributed by atoms with van der Waals surface area (Å²) in [6.07, 6.45) is -2.80. The molecule has 2 amide bonds. The number of hydrogen-bond acceptors (Lipinski definition) is 19. The molecule has 7 heterocycles. The number of rotatable bonds is 7. The average Bonchev–Trinajstić information content (AvgIpc) is 4.03. The molecular formula is C31H40N10O15Y3. The van der Waals surface area contributed by atoms with Gasteiger partial charge in [0, 0.05) is 126 Å². The zero-order valence-corrected chi connectivity index (χ0v) is 41.0. The molecule has 0 saturated carbocycles. The van der Waals surface area contributed by atoms with Crippen molar-refractivity contribution in [3.63, 3.8) is 0 Å². The summed E-state index contributed by atoms with van der Waals surface area (Å²) in [6, 6.07) is 0. The predicted molar refractivity (Wildman–Crippen MR) is 183 cm³/mol. The molecule has 3 unspecified atom stereocenters. The molecule has 28 heteroatoms. The van der Waals surface area contributed by atoms with Crippen LogP contribution < -0.4 is 21.8 Å². The van der Waals surface area contributed by atoms with Gasteiger partial charge in [0.05, 0.1) is 25.3 Å². The molecule has 3 saturated heterocycles. The summed E-state index contributed by atoms with van der Waals surface area (Å²) in [5.41, 5.74) is -0.242. The molecule has 0 aliphatic carbocycles. The maximum Gasteiger partial charge on any atom is 0.396 e. The molecule has 4 aromatic rings. The molecule has 4 aromatic heterocycles. The first kappa shape index (κ1) is 52.7. The van der Waals surface area contributed by atoms with E-state index in [1.807, 2.05) is 13.8 Å². The summed E-state index contributed by atoms with van der Waals surface area (Å²) in [5, 5.41) is 24.5. The molecule has 7 rings (SSSR count). The monoisotopic (exact) mass is 1060 g/mol. The van der Waals surface area contributed by atoms with Crippen LogP contribution in [0, 0.1) is 0 Å². The Morgan fingerprint density at radius 1 is 0.746 bits per heavy atom. The number of amides is 2. The first-order valence-electron chi connectivity index (χ1n) is 17.0. The summed E-state index contributed by atoms with van der Waals surface area (Å²) in [5.74, 6) is -5.37. The van der Waals surface area contributed by atoms with Gasteiger partial charge in [0.25, 0.3) is 17.1 Å². The van der Waals surface area contributed by atoms with Crippen molar-refractivity contribution in [1.82, 2.24) is 49.7 Å². The Morgan fingerprint density at radius 3 is 1.66 bits per heavy atom. The molecule has 3 fully saturated rings. The van der Waals surface area contributed by atoms with Crippen molar-refractivity contribution >= 4 is 46.1 Å². The molecule has 3 aliphatic rings. The van der Waals surface area contributed by atoms with Gasteiger partial charge in [-0.3, -0.25) is 28.3 Å². The zero-order chi connectivity index (χ0) is 40.9. The number of aliphatic hydroxyl groups excluding tert-OH is 2. The maximum absolute atomic E-state index is 11.9. The Morgan fingerprint density at radius 2 is 1.19 bits per heavy atom. The summed E-state index contributed by atoms with van der Waals surface area (Å²) in [4.78, 5) is 90.0. The number of nitrogens with one attached hydrogen (secondary N) is 4. The van der Waals surface area contributed by atoms with E-state index in [0.29, 0.717) is 0 Å². The molecule has 9 atom stereocenters. The number of aliphatic hydroxyl groups is 2. The van der Waals surface area contributed by atoms with E-state index in [9.17, 15) is 39.0 Å². The molecule has 3 aliphatic heterocycles. The Balaban J connectivity index is 0.000000376. The van der Waals surface area contributed by atoms with Crippen LogP contribution in [-0.4, -0.2) is 150 Å². The SMILES string of the molecule is CC.CNC(=O)C(=O)OC[C@H]1O[C@@H](n2cnc3c(=O)[nH]cnc32)C(O)[C@H]1O.CNC(=O)C(=O)OC[C@H]1O[C@@H](n2cnc3c(=O)[nH]cnc32)C2OC(C)(OC)O[C@H]21.[Y].[Y].[Y]. The van der Waals surface area contributed by atoms with Gasteiger partial charge in [0.1, 0.15) is 49.8 Å². The number of fused-ring (bicyclic) bond motifs is 3. The van der Waals surface area contributed by atoms with E-state index in [0.717, 1.165) is 0 Å². The van der Waals surface area contributed by atoms with Gasteiger partial charge in [0.15, 0.2) is 34.8 Å². The number of carbonyl (C=O) groups is 4. The molecule has 25 nitrogen and oxygen atoms in total. The summed E-state index contributed by atoms with van der Waals surface area (Å²) in [7, 11) is 4.01. The van der Waals surface area contributed by atoms with E-state index in [4.69, 9.17) is 33.2 Å². The zero-order valence-electron chi connectivity index (χ0n) is 32.5. The molecule has 313 valence electrons. The van der Waals surface area contributed by atoms with E-state index in [-0.39, 0.29) is 127 Å². The second kappa shape index (κ2) is 23.2. The van der Waals surface area contributed by atoms with Gasteiger partial charge in [-0.1, -0.05) is 13.8 Å². The van der Waals surface area contributed by atoms with Crippen LogP contribution in [0.15, 0.2) is 34.9 Å². The normalized spacial score (nSPS) is 26.3. The number of nitrogens with zero attached hydrogens (tertiary/aromatic N) is 6. The van der Waals surface area contributed by atoms with Crippen molar-refractivity contribution in [1.29, 1.82) is 0 Å². The maximum atomic E-state index is 11.9. The number of esters is 2. The fourth-order valence-corrected chi connectivity index (χ4v) is 5.80. The Hall–Kier alpha value is -2.39. The molecule has 0 aromatic carbocycles. The van der Waals surface area contributed by atoms with Crippen LogP contribution in [0.25, 0.3) is 22.3 Å². The molecule has 59 heavy (non-hydrogen) atoms. The number of likely N-dealkylation sites (N-methyl/N-ethyl adjacent to an activating group) is 2. The smallest absolute Gasteiger partial charge is 0.396 e. The number of ether oxygens (including phenoxy) is 7. The fourth-order valence-electron chi connectivity index (χ4n) is 5.80. The van der Waals surface area contributed by atoms with E-state index < -0.39 is 96.5 Å². The molecular weight excluding hydrogens is 1020 g/mol. The van der Waals surface area contributed by atoms with Crippen molar-refractivity contribution in [3.05, 3.63) is 46.0 Å². The van der Waals surface area contributed by atoms with E-state index in [1.54, 1.807) is 6.92 Å². The van der Waals surface area contributed by atoms with Gasteiger partial charge in [-0.2, -0.15) is 0 Å². The van der Waals surface area contributed by atoms with E-state index >= 15 is 0 Å². The van der Waals surface area contributed by atoms with Crippen LogP contribution in [0.1, 0.15) is 33.2 Å².